The number of ether oxygens (including phenoxy) is 3. The molecule has 1 aromatic carbocycles. The van der Waals surface area contributed by atoms with E-state index in [4.69, 9.17) is 14.2 Å². The number of hydrogen-bond acceptors (Lipinski definition) is 6. The molecule has 0 bridgehead atoms. The minimum Gasteiger partial charge on any atom is -0.493 e. The van der Waals surface area contributed by atoms with Gasteiger partial charge in [-0.05, 0) is 45.7 Å². The summed E-state index contributed by atoms with van der Waals surface area (Å²) in [6, 6.07) is 3.67. The molecule has 0 unspecified atom stereocenters. The number of sulfonamides is 1. The van der Waals surface area contributed by atoms with Crippen LogP contribution in [-0.2, 0) is 14.8 Å². The monoisotopic (exact) mass is 414 g/mol. The number of methoxy groups -OCH3 is 2. The molecule has 8 nitrogen and oxygen atoms in total. The topological polar surface area (TPSA) is 103 Å². The molecule has 0 spiro atoms. The molecule has 2 rings (SSSR count). The van der Waals surface area contributed by atoms with E-state index in [9.17, 15) is 13.2 Å². The molecule has 1 amide bonds. The molecule has 1 aliphatic rings. The SMILES string of the molecule is COc1ccc(S(=O)(=O)N[C@@H]2CCCC[C@@H]2NC(=O)OC(C)(C)C)cc1OC. The zero-order valence-corrected chi connectivity index (χ0v) is 17.9. The highest BCUT2D eigenvalue weighted by Crippen LogP contribution is 2.30. The summed E-state index contributed by atoms with van der Waals surface area (Å²) in [5, 5.41) is 2.81. The fraction of sp³-hybridized carbons (Fsp3) is 0.632. The Labute approximate surface area is 167 Å². The maximum absolute atomic E-state index is 12.9. The van der Waals surface area contributed by atoms with Gasteiger partial charge in [-0.1, -0.05) is 12.8 Å². The normalized spacial score (nSPS) is 20.3. The van der Waals surface area contributed by atoms with Gasteiger partial charge in [-0.25, -0.2) is 17.9 Å². The second kappa shape index (κ2) is 9.00. The zero-order valence-electron chi connectivity index (χ0n) is 17.1. The molecule has 28 heavy (non-hydrogen) atoms. The number of hydrogen-bond donors (Lipinski definition) is 2. The first-order valence-electron chi connectivity index (χ1n) is 9.29. The third-order valence-electron chi connectivity index (χ3n) is 4.44. The average molecular weight is 415 g/mol. The fourth-order valence-electron chi connectivity index (χ4n) is 3.15. The van der Waals surface area contributed by atoms with Crippen LogP contribution in [0.5, 0.6) is 11.5 Å². The van der Waals surface area contributed by atoms with Crippen LogP contribution in [0.25, 0.3) is 0 Å². The van der Waals surface area contributed by atoms with Crippen LogP contribution in [0.1, 0.15) is 46.5 Å². The predicted octanol–water partition coefficient (Wildman–Crippen LogP) is 2.82. The number of carbonyl (C=O) groups excluding carboxylic acids is 1. The van der Waals surface area contributed by atoms with Crippen molar-refractivity contribution in [2.75, 3.05) is 14.2 Å². The van der Waals surface area contributed by atoms with Crippen molar-refractivity contribution in [1.82, 2.24) is 10.0 Å². The number of carbonyl (C=O) groups is 1. The highest BCUT2D eigenvalue weighted by atomic mass is 32.2. The van der Waals surface area contributed by atoms with Crippen molar-refractivity contribution < 1.29 is 27.4 Å². The van der Waals surface area contributed by atoms with Crippen molar-refractivity contribution in [1.29, 1.82) is 0 Å². The van der Waals surface area contributed by atoms with E-state index in [1.54, 1.807) is 26.8 Å². The van der Waals surface area contributed by atoms with Gasteiger partial charge in [0.1, 0.15) is 5.60 Å². The van der Waals surface area contributed by atoms with Crippen LogP contribution in [-0.4, -0.2) is 46.4 Å². The molecule has 0 aliphatic heterocycles. The Morgan fingerprint density at radius 2 is 1.64 bits per heavy atom. The third kappa shape index (κ3) is 6.00. The summed E-state index contributed by atoms with van der Waals surface area (Å²) in [6.45, 7) is 5.35. The molecule has 158 valence electrons. The van der Waals surface area contributed by atoms with Crippen LogP contribution < -0.4 is 19.5 Å². The van der Waals surface area contributed by atoms with Gasteiger partial charge in [0.05, 0.1) is 19.1 Å². The Hall–Kier alpha value is -2.00. The fourth-order valence-corrected chi connectivity index (χ4v) is 4.48. The van der Waals surface area contributed by atoms with Crippen molar-refractivity contribution in [3.05, 3.63) is 18.2 Å². The predicted molar refractivity (Wildman–Crippen MR) is 105 cm³/mol. The summed E-state index contributed by atoms with van der Waals surface area (Å²) < 4.78 is 44.1. The van der Waals surface area contributed by atoms with E-state index in [2.05, 4.69) is 10.0 Å². The number of rotatable bonds is 6. The molecule has 2 N–H and O–H groups in total. The molecule has 2 atom stereocenters. The van der Waals surface area contributed by atoms with E-state index >= 15 is 0 Å². The van der Waals surface area contributed by atoms with E-state index in [0.29, 0.717) is 24.3 Å². The highest BCUT2D eigenvalue weighted by Gasteiger charge is 2.32. The first-order valence-corrected chi connectivity index (χ1v) is 10.8. The molecule has 1 aliphatic carbocycles. The number of amides is 1. The van der Waals surface area contributed by atoms with Gasteiger partial charge in [-0.3, -0.25) is 0 Å². The molecule has 0 aromatic heterocycles. The Balaban J connectivity index is 2.15. The molecular weight excluding hydrogens is 384 g/mol. The van der Waals surface area contributed by atoms with Crippen molar-refractivity contribution in [2.45, 2.75) is 69.0 Å². The largest absolute Gasteiger partial charge is 0.493 e. The lowest BCUT2D eigenvalue weighted by atomic mass is 9.91. The highest BCUT2D eigenvalue weighted by molar-refractivity contribution is 7.89. The van der Waals surface area contributed by atoms with E-state index < -0.39 is 27.8 Å². The van der Waals surface area contributed by atoms with Crippen molar-refractivity contribution in [2.24, 2.45) is 0 Å². The molecule has 0 radical (unpaired) electrons. The van der Waals surface area contributed by atoms with Crippen LogP contribution >= 0.6 is 0 Å². The van der Waals surface area contributed by atoms with E-state index in [-0.39, 0.29) is 10.9 Å². The van der Waals surface area contributed by atoms with Crippen LogP contribution in [0.3, 0.4) is 0 Å². The van der Waals surface area contributed by atoms with Gasteiger partial charge >= 0.3 is 6.09 Å². The van der Waals surface area contributed by atoms with Crippen molar-refractivity contribution >= 4 is 16.1 Å². The zero-order chi connectivity index (χ0) is 20.9. The summed E-state index contributed by atoms with van der Waals surface area (Å²) in [5.41, 5.74) is -0.618. The minimum atomic E-state index is -3.80. The van der Waals surface area contributed by atoms with Gasteiger partial charge in [-0.2, -0.15) is 0 Å². The van der Waals surface area contributed by atoms with Crippen LogP contribution in [0.15, 0.2) is 23.1 Å². The smallest absolute Gasteiger partial charge is 0.407 e. The van der Waals surface area contributed by atoms with Gasteiger partial charge in [-0.15, -0.1) is 0 Å². The molecule has 1 fully saturated rings. The van der Waals surface area contributed by atoms with E-state index in [1.165, 1.54) is 26.4 Å². The molecular formula is C19H30N2O6S. The lowest BCUT2D eigenvalue weighted by Crippen LogP contribution is -2.53. The van der Waals surface area contributed by atoms with Gasteiger partial charge in [0, 0.05) is 18.2 Å². The van der Waals surface area contributed by atoms with Gasteiger partial charge < -0.3 is 19.5 Å². The molecule has 1 aromatic rings. The summed E-state index contributed by atoms with van der Waals surface area (Å²) >= 11 is 0. The number of benzene rings is 1. The van der Waals surface area contributed by atoms with Gasteiger partial charge in [0.15, 0.2) is 11.5 Å². The lowest BCUT2D eigenvalue weighted by molar-refractivity contribution is 0.0483. The maximum Gasteiger partial charge on any atom is 0.407 e. The van der Waals surface area contributed by atoms with Crippen molar-refractivity contribution in [3.8, 4) is 11.5 Å². The van der Waals surface area contributed by atoms with Gasteiger partial charge in [0.2, 0.25) is 10.0 Å². The summed E-state index contributed by atoms with van der Waals surface area (Å²) in [5.74, 6) is 0.779. The van der Waals surface area contributed by atoms with Crippen LogP contribution in [0, 0.1) is 0 Å². The maximum atomic E-state index is 12.9. The minimum absolute atomic E-state index is 0.0757. The van der Waals surface area contributed by atoms with Gasteiger partial charge in [0.25, 0.3) is 0 Å². The second-order valence-electron chi connectivity index (χ2n) is 7.78. The summed E-state index contributed by atoms with van der Waals surface area (Å²) in [4.78, 5) is 12.2. The molecule has 0 heterocycles. The lowest BCUT2D eigenvalue weighted by Gasteiger charge is -2.33. The van der Waals surface area contributed by atoms with Crippen LogP contribution in [0.4, 0.5) is 4.79 Å². The van der Waals surface area contributed by atoms with E-state index in [0.717, 1.165) is 12.8 Å². The second-order valence-corrected chi connectivity index (χ2v) is 9.50. The summed E-state index contributed by atoms with van der Waals surface area (Å²) in [6.07, 6.45) is 2.56. The molecule has 9 heteroatoms. The number of nitrogens with one attached hydrogen (secondary N) is 2. The Morgan fingerprint density at radius 3 is 2.21 bits per heavy atom. The van der Waals surface area contributed by atoms with Crippen LogP contribution in [0.2, 0.25) is 0 Å². The Morgan fingerprint density at radius 1 is 1.04 bits per heavy atom. The first-order chi connectivity index (χ1) is 13.1. The molecule has 0 saturated heterocycles. The Bertz CT molecular complexity index is 788. The number of alkyl carbamates (subject to hydrolysis) is 1. The molecule has 1 saturated carbocycles. The average Bonchev–Trinajstić information content (AvgIpc) is 2.61. The first kappa shape index (κ1) is 22.3. The Kier molecular flexibility index (Phi) is 7.16. The summed E-state index contributed by atoms with van der Waals surface area (Å²) in [7, 11) is -0.866. The third-order valence-corrected chi connectivity index (χ3v) is 5.93. The van der Waals surface area contributed by atoms with E-state index in [1.807, 2.05) is 0 Å². The quantitative estimate of drug-likeness (QED) is 0.742. The standard InChI is InChI=1S/C19H30N2O6S/c1-19(2,3)27-18(22)20-14-8-6-7-9-15(14)21-28(23,24)13-10-11-16(25-4)17(12-13)26-5/h10-12,14-15,21H,6-9H2,1-5H3,(H,20,22)/t14-,15+/m0/s1. The van der Waals surface area contributed by atoms with Crippen molar-refractivity contribution in [3.63, 3.8) is 0 Å².